The summed E-state index contributed by atoms with van der Waals surface area (Å²) in [6.07, 6.45) is 5.95. The van der Waals surface area contributed by atoms with Gasteiger partial charge < -0.3 is 10.0 Å². The van der Waals surface area contributed by atoms with Gasteiger partial charge in [-0.05, 0) is 25.0 Å². The average molecular weight is 418 g/mol. The molecule has 2 heterocycles. The second-order valence-electron chi connectivity index (χ2n) is 6.63. The number of hydrogen-bond acceptors (Lipinski definition) is 4. The number of halogens is 1. The largest absolute Gasteiger partial charge is 0.510 e. The Balaban J connectivity index is 1.58. The third-order valence-corrected chi connectivity index (χ3v) is 6.39. The molecular formula is C19H20BrN3OS. The molecule has 1 saturated carbocycles. The molecule has 25 heavy (non-hydrogen) atoms. The third kappa shape index (κ3) is 3.25. The van der Waals surface area contributed by atoms with Crippen LogP contribution in [0.1, 0.15) is 37.1 Å². The molecule has 4 nitrogen and oxygen atoms in total. The maximum atomic E-state index is 10.5. The van der Waals surface area contributed by atoms with Crippen molar-refractivity contribution in [1.29, 1.82) is 5.41 Å². The molecular weight excluding hydrogens is 398 g/mol. The molecule has 1 fully saturated rings. The van der Waals surface area contributed by atoms with Crippen molar-refractivity contribution in [3.05, 3.63) is 44.9 Å². The van der Waals surface area contributed by atoms with E-state index in [2.05, 4.69) is 20.8 Å². The topological polar surface area (TPSA) is 60.2 Å². The van der Waals surface area contributed by atoms with E-state index < -0.39 is 0 Å². The molecule has 0 bridgehead atoms. The van der Waals surface area contributed by atoms with E-state index in [0.29, 0.717) is 24.0 Å². The number of benzene rings is 1. The molecule has 0 spiro atoms. The van der Waals surface area contributed by atoms with Gasteiger partial charge in [0.1, 0.15) is 16.6 Å². The lowest BCUT2D eigenvalue weighted by molar-refractivity contribution is 0.241. The van der Waals surface area contributed by atoms with Gasteiger partial charge in [-0.3, -0.25) is 5.41 Å². The molecule has 1 aromatic heterocycles. The van der Waals surface area contributed by atoms with Crippen LogP contribution in [-0.2, 0) is 0 Å². The number of thiazole rings is 1. The summed E-state index contributed by atoms with van der Waals surface area (Å²) in [5, 5.41) is 21.8. The first kappa shape index (κ1) is 16.8. The number of aromatic nitrogens is 1. The SMILES string of the molecule is N=C1C(c2nc(-c3ccc(Br)cc3)cs2)=C(O)CN1C1CCCCC1. The fraction of sp³-hybridized carbons (Fsp3) is 0.368. The van der Waals surface area contributed by atoms with Crippen molar-refractivity contribution in [3.8, 4) is 11.3 Å². The molecule has 130 valence electrons. The first-order valence-corrected chi connectivity index (χ1v) is 10.3. The van der Waals surface area contributed by atoms with Crippen LogP contribution < -0.4 is 0 Å². The molecule has 0 unspecified atom stereocenters. The number of rotatable bonds is 3. The number of nitrogens with zero attached hydrogens (tertiary/aromatic N) is 2. The summed E-state index contributed by atoms with van der Waals surface area (Å²) in [4.78, 5) is 6.75. The molecule has 4 rings (SSSR count). The van der Waals surface area contributed by atoms with Crippen LogP contribution in [0.3, 0.4) is 0 Å². The van der Waals surface area contributed by atoms with Crippen molar-refractivity contribution in [1.82, 2.24) is 9.88 Å². The predicted molar refractivity (Wildman–Crippen MR) is 106 cm³/mol. The van der Waals surface area contributed by atoms with E-state index in [4.69, 9.17) is 10.4 Å². The van der Waals surface area contributed by atoms with Gasteiger partial charge in [-0.2, -0.15) is 0 Å². The van der Waals surface area contributed by atoms with Gasteiger partial charge in [0.2, 0.25) is 0 Å². The zero-order valence-electron chi connectivity index (χ0n) is 13.8. The minimum atomic E-state index is 0.285. The summed E-state index contributed by atoms with van der Waals surface area (Å²) < 4.78 is 1.03. The highest BCUT2D eigenvalue weighted by molar-refractivity contribution is 9.10. The van der Waals surface area contributed by atoms with Gasteiger partial charge in [0, 0.05) is 21.5 Å². The quantitative estimate of drug-likeness (QED) is 0.695. The Labute approximate surface area is 159 Å². The Hall–Kier alpha value is -1.66. The van der Waals surface area contributed by atoms with Gasteiger partial charge in [-0.1, -0.05) is 47.3 Å². The minimum Gasteiger partial charge on any atom is -0.510 e. The van der Waals surface area contributed by atoms with Crippen LogP contribution in [0.15, 0.2) is 39.9 Å². The van der Waals surface area contributed by atoms with Gasteiger partial charge in [-0.15, -0.1) is 11.3 Å². The van der Waals surface area contributed by atoms with Gasteiger partial charge in [0.25, 0.3) is 0 Å². The maximum absolute atomic E-state index is 10.5. The van der Waals surface area contributed by atoms with Gasteiger partial charge in [-0.25, -0.2) is 4.98 Å². The average Bonchev–Trinajstić information content (AvgIpc) is 3.21. The van der Waals surface area contributed by atoms with E-state index in [-0.39, 0.29) is 5.76 Å². The Morgan fingerprint density at radius 1 is 1.16 bits per heavy atom. The molecule has 2 aliphatic rings. The number of amidine groups is 1. The first-order valence-electron chi connectivity index (χ1n) is 8.63. The molecule has 0 atom stereocenters. The van der Waals surface area contributed by atoms with Crippen LogP contribution in [0.2, 0.25) is 0 Å². The summed E-state index contributed by atoms with van der Waals surface area (Å²) >= 11 is 4.94. The van der Waals surface area contributed by atoms with Crippen LogP contribution in [0, 0.1) is 5.41 Å². The fourth-order valence-electron chi connectivity index (χ4n) is 3.67. The van der Waals surface area contributed by atoms with Crippen LogP contribution in [-0.4, -0.2) is 33.4 Å². The normalized spacial score (nSPS) is 19.1. The Morgan fingerprint density at radius 3 is 2.60 bits per heavy atom. The summed E-state index contributed by atoms with van der Waals surface area (Å²) in [6.45, 7) is 0.450. The fourth-order valence-corrected chi connectivity index (χ4v) is 4.83. The molecule has 1 aliphatic carbocycles. The summed E-state index contributed by atoms with van der Waals surface area (Å²) in [5.74, 6) is 0.716. The zero-order valence-corrected chi connectivity index (χ0v) is 16.2. The number of hydrogen-bond donors (Lipinski definition) is 2. The zero-order chi connectivity index (χ0) is 17.4. The van der Waals surface area contributed by atoms with Crippen molar-refractivity contribution in [2.24, 2.45) is 0 Å². The van der Waals surface area contributed by atoms with Crippen LogP contribution in [0.25, 0.3) is 16.8 Å². The van der Waals surface area contributed by atoms with Crippen LogP contribution in [0.5, 0.6) is 0 Å². The standard InChI is InChI=1S/C19H20BrN3OS/c20-13-8-6-12(7-9-13)15-11-25-19(22-15)17-16(24)10-23(18(17)21)14-4-2-1-3-5-14/h6-9,11,14,21,24H,1-5,10H2. The summed E-state index contributed by atoms with van der Waals surface area (Å²) in [6, 6.07) is 8.41. The molecule has 1 aromatic carbocycles. The molecule has 0 saturated heterocycles. The van der Waals surface area contributed by atoms with Crippen molar-refractivity contribution >= 4 is 38.7 Å². The second-order valence-corrected chi connectivity index (χ2v) is 8.41. The first-order chi connectivity index (χ1) is 12.1. The van der Waals surface area contributed by atoms with E-state index in [0.717, 1.165) is 33.6 Å². The molecule has 2 N–H and O–H groups in total. The monoisotopic (exact) mass is 417 g/mol. The lowest BCUT2D eigenvalue weighted by Crippen LogP contribution is -2.38. The lowest BCUT2D eigenvalue weighted by atomic mass is 9.94. The van der Waals surface area contributed by atoms with Gasteiger partial charge >= 0.3 is 0 Å². The Kier molecular flexibility index (Phi) is 4.65. The summed E-state index contributed by atoms with van der Waals surface area (Å²) in [7, 11) is 0. The molecule has 1 aliphatic heterocycles. The van der Waals surface area contributed by atoms with Crippen LogP contribution >= 0.6 is 27.3 Å². The van der Waals surface area contributed by atoms with E-state index >= 15 is 0 Å². The minimum absolute atomic E-state index is 0.285. The number of aliphatic hydroxyl groups excluding tert-OH is 1. The molecule has 0 amide bonds. The smallest absolute Gasteiger partial charge is 0.135 e. The van der Waals surface area contributed by atoms with Crippen molar-refractivity contribution in [2.45, 2.75) is 38.1 Å². The maximum Gasteiger partial charge on any atom is 0.135 e. The summed E-state index contributed by atoms with van der Waals surface area (Å²) in [5.41, 5.74) is 2.54. The van der Waals surface area contributed by atoms with E-state index in [1.807, 2.05) is 29.6 Å². The predicted octanol–water partition coefficient (Wildman–Crippen LogP) is 5.47. The third-order valence-electron chi connectivity index (χ3n) is 5.01. The van der Waals surface area contributed by atoms with Crippen molar-refractivity contribution < 1.29 is 5.11 Å². The highest BCUT2D eigenvalue weighted by atomic mass is 79.9. The second kappa shape index (κ2) is 6.92. The highest BCUT2D eigenvalue weighted by Gasteiger charge is 2.34. The van der Waals surface area contributed by atoms with E-state index in [1.54, 1.807) is 0 Å². The highest BCUT2D eigenvalue weighted by Crippen LogP contribution is 2.35. The van der Waals surface area contributed by atoms with Crippen molar-refractivity contribution in [2.75, 3.05) is 6.54 Å². The van der Waals surface area contributed by atoms with Crippen LogP contribution in [0.4, 0.5) is 0 Å². The number of aliphatic hydroxyl groups is 1. The molecule has 2 aromatic rings. The Bertz CT molecular complexity index is 821. The van der Waals surface area contributed by atoms with E-state index in [1.165, 1.54) is 30.6 Å². The lowest BCUT2D eigenvalue weighted by Gasteiger charge is -2.32. The number of nitrogens with one attached hydrogen (secondary N) is 1. The molecule has 6 heteroatoms. The van der Waals surface area contributed by atoms with Crippen molar-refractivity contribution in [3.63, 3.8) is 0 Å². The van der Waals surface area contributed by atoms with Gasteiger partial charge in [0.15, 0.2) is 0 Å². The Morgan fingerprint density at radius 2 is 1.88 bits per heavy atom. The molecule has 0 radical (unpaired) electrons. The van der Waals surface area contributed by atoms with E-state index in [9.17, 15) is 5.11 Å². The van der Waals surface area contributed by atoms with Gasteiger partial charge in [0.05, 0.1) is 17.8 Å².